The minimum Gasteiger partial charge on any atom is -0.463 e. The first kappa shape index (κ1) is 12.6. The number of carbonyl (C=O) groups excluding carboxylic acids is 1. The van der Waals surface area contributed by atoms with Crippen LogP contribution in [0, 0.1) is 15.9 Å². The molecule has 19 heavy (non-hydrogen) atoms. The average molecular weight is 266 g/mol. The molecule has 8 nitrogen and oxygen atoms in total. The van der Waals surface area contributed by atoms with Gasteiger partial charge in [-0.25, -0.2) is 18.9 Å². The SMILES string of the molecule is COC(=O)c1ncn(-c2cc(F)ccc2[N+](=O)[O-])n1. The van der Waals surface area contributed by atoms with Crippen LogP contribution in [0.25, 0.3) is 5.69 Å². The molecule has 0 spiro atoms. The van der Waals surface area contributed by atoms with Crippen molar-refractivity contribution in [3.05, 3.63) is 46.3 Å². The van der Waals surface area contributed by atoms with Crippen molar-refractivity contribution in [2.45, 2.75) is 0 Å². The molecule has 0 saturated heterocycles. The highest BCUT2D eigenvalue weighted by molar-refractivity contribution is 5.84. The second kappa shape index (κ2) is 4.80. The zero-order valence-corrected chi connectivity index (χ0v) is 9.61. The van der Waals surface area contributed by atoms with Crippen LogP contribution in [0.3, 0.4) is 0 Å². The summed E-state index contributed by atoms with van der Waals surface area (Å²) in [5.41, 5.74) is -0.490. The molecular formula is C10H7FN4O4. The maximum absolute atomic E-state index is 13.2. The van der Waals surface area contributed by atoms with Crippen molar-refractivity contribution >= 4 is 11.7 Å². The summed E-state index contributed by atoms with van der Waals surface area (Å²) in [6.45, 7) is 0. The monoisotopic (exact) mass is 266 g/mol. The molecule has 9 heteroatoms. The van der Waals surface area contributed by atoms with E-state index in [9.17, 15) is 19.3 Å². The largest absolute Gasteiger partial charge is 0.463 e. The smallest absolute Gasteiger partial charge is 0.377 e. The van der Waals surface area contributed by atoms with Gasteiger partial charge in [0.05, 0.1) is 12.0 Å². The molecule has 0 bridgehead atoms. The van der Waals surface area contributed by atoms with Gasteiger partial charge in [-0.15, -0.1) is 5.10 Å². The summed E-state index contributed by atoms with van der Waals surface area (Å²) < 4.78 is 18.5. The van der Waals surface area contributed by atoms with Gasteiger partial charge in [0.1, 0.15) is 17.8 Å². The maximum atomic E-state index is 13.2. The molecule has 0 atom stereocenters. The molecular weight excluding hydrogens is 259 g/mol. The Labute approximate surface area is 105 Å². The highest BCUT2D eigenvalue weighted by Crippen LogP contribution is 2.22. The van der Waals surface area contributed by atoms with Gasteiger partial charge in [0.25, 0.3) is 11.5 Å². The van der Waals surface area contributed by atoms with Crippen molar-refractivity contribution in [3.8, 4) is 5.69 Å². The Hall–Kier alpha value is -2.84. The summed E-state index contributed by atoms with van der Waals surface area (Å²) in [5, 5.41) is 14.5. The number of esters is 1. The number of aromatic nitrogens is 3. The van der Waals surface area contributed by atoms with Crippen LogP contribution in [-0.2, 0) is 4.74 Å². The summed E-state index contributed by atoms with van der Waals surface area (Å²) in [6, 6.07) is 2.89. The number of hydrogen-bond acceptors (Lipinski definition) is 6. The number of halogens is 1. The number of nitro groups is 1. The molecule has 2 aromatic rings. The van der Waals surface area contributed by atoms with Gasteiger partial charge < -0.3 is 4.74 Å². The molecule has 0 aliphatic carbocycles. The molecule has 1 aromatic carbocycles. The first-order valence-corrected chi connectivity index (χ1v) is 4.97. The molecule has 1 aromatic heterocycles. The number of rotatable bonds is 3. The minimum atomic E-state index is -0.794. The van der Waals surface area contributed by atoms with Crippen LogP contribution >= 0.6 is 0 Å². The van der Waals surface area contributed by atoms with E-state index in [-0.39, 0.29) is 17.2 Å². The van der Waals surface area contributed by atoms with Gasteiger partial charge in [-0.1, -0.05) is 0 Å². The minimum absolute atomic E-state index is 0.132. The molecule has 0 saturated carbocycles. The highest BCUT2D eigenvalue weighted by Gasteiger charge is 2.19. The third-order valence-corrected chi connectivity index (χ3v) is 2.24. The van der Waals surface area contributed by atoms with Crippen LogP contribution in [0.15, 0.2) is 24.5 Å². The van der Waals surface area contributed by atoms with E-state index >= 15 is 0 Å². The van der Waals surface area contributed by atoms with E-state index in [4.69, 9.17) is 0 Å². The fourth-order valence-electron chi connectivity index (χ4n) is 1.40. The summed E-state index contributed by atoms with van der Waals surface area (Å²) in [7, 11) is 1.15. The van der Waals surface area contributed by atoms with E-state index in [2.05, 4.69) is 14.8 Å². The van der Waals surface area contributed by atoms with E-state index in [1.807, 2.05) is 0 Å². The molecule has 0 radical (unpaired) electrons. The van der Waals surface area contributed by atoms with Crippen LogP contribution in [0.1, 0.15) is 10.6 Å². The number of hydrogen-bond donors (Lipinski definition) is 0. The average Bonchev–Trinajstić information content (AvgIpc) is 2.86. The lowest BCUT2D eigenvalue weighted by Gasteiger charge is -2.01. The number of methoxy groups -OCH3 is 1. The van der Waals surface area contributed by atoms with Crippen molar-refractivity contribution in [2.75, 3.05) is 7.11 Å². The van der Waals surface area contributed by atoms with E-state index in [1.54, 1.807) is 0 Å². The van der Waals surface area contributed by atoms with E-state index in [0.29, 0.717) is 0 Å². The number of carbonyl (C=O) groups is 1. The molecule has 1 heterocycles. The van der Waals surface area contributed by atoms with Gasteiger partial charge >= 0.3 is 5.97 Å². The van der Waals surface area contributed by atoms with Crippen LogP contribution < -0.4 is 0 Å². The maximum Gasteiger partial charge on any atom is 0.377 e. The van der Waals surface area contributed by atoms with Crippen LogP contribution in [-0.4, -0.2) is 32.8 Å². The zero-order valence-electron chi connectivity index (χ0n) is 9.61. The Bertz CT molecular complexity index is 655. The third kappa shape index (κ3) is 2.39. The van der Waals surface area contributed by atoms with E-state index in [0.717, 1.165) is 36.3 Å². The number of ether oxygens (including phenoxy) is 1. The Balaban J connectivity index is 2.52. The molecule has 0 unspecified atom stereocenters. The van der Waals surface area contributed by atoms with Crippen molar-refractivity contribution in [1.29, 1.82) is 0 Å². The summed E-state index contributed by atoms with van der Waals surface area (Å²) in [4.78, 5) is 24.9. The second-order valence-corrected chi connectivity index (χ2v) is 3.39. The molecule has 0 fully saturated rings. The Morgan fingerprint density at radius 1 is 1.53 bits per heavy atom. The summed E-state index contributed by atoms with van der Waals surface area (Å²) in [5.74, 6) is -1.74. The van der Waals surface area contributed by atoms with Crippen molar-refractivity contribution in [2.24, 2.45) is 0 Å². The summed E-state index contributed by atoms with van der Waals surface area (Å²) in [6.07, 6.45) is 1.06. The molecule has 98 valence electrons. The Morgan fingerprint density at radius 2 is 2.26 bits per heavy atom. The molecule has 0 aliphatic rings. The summed E-state index contributed by atoms with van der Waals surface area (Å²) >= 11 is 0. The van der Waals surface area contributed by atoms with Gasteiger partial charge in [0.15, 0.2) is 0 Å². The van der Waals surface area contributed by atoms with Crippen molar-refractivity contribution < 1.29 is 18.8 Å². The fourth-order valence-corrected chi connectivity index (χ4v) is 1.40. The Morgan fingerprint density at radius 3 is 2.89 bits per heavy atom. The molecule has 0 aliphatic heterocycles. The van der Waals surface area contributed by atoms with Gasteiger partial charge in [0.2, 0.25) is 0 Å². The first-order valence-electron chi connectivity index (χ1n) is 4.97. The lowest BCUT2D eigenvalue weighted by atomic mass is 10.2. The number of nitro benzene ring substituents is 1. The van der Waals surface area contributed by atoms with Gasteiger partial charge in [-0.05, 0) is 6.07 Å². The fraction of sp³-hybridized carbons (Fsp3) is 0.100. The second-order valence-electron chi connectivity index (χ2n) is 3.39. The standard InChI is InChI=1S/C10H7FN4O4/c1-19-10(16)9-12-5-14(13-9)8-4-6(11)2-3-7(8)15(17)18/h2-5H,1H3. The first-order chi connectivity index (χ1) is 9.02. The quantitative estimate of drug-likeness (QED) is 0.468. The van der Waals surface area contributed by atoms with Crippen LogP contribution in [0.5, 0.6) is 0 Å². The zero-order chi connectivity index (χ0) is 14.0. The van der Waals surface area contributed by atoms with Crippen molar-refractivity contribution in [3.63, 3.8) is 0 Å². The van der Waals surface area contributed by atoms with Gasteiger partial charge in [-0.3, -0.25) is 10.1 Å². The predicted molar refractivity (Wildman–Crippen MR) is 59.3 cm³/mol. The lowest BCUT2D eigenvalue weighted by molar-refractivity contribution is -0.384. The van der Waals surface area contributed by atoms with Gasteiger partial charge in [0, 0.05) is 12.1 Å². The van der Waals surface area contributed by atoms with Gasteiger partial charge in [-0.2, -0.15) is 0 Å². The molecule has 2 rings (SSSR count). The van der Waals surface area contributed by atoms with Crippen LogP contribution in [0.4, 0.5) is 10.1 Å². The third-order valence-electron chi connectivity index (χ3n) is 2.24. The topological polar surface area (TPSA) is 100 Å². The normalized spacial score (nSPS) is 10.2. The number of nitrogens with zero attached hydrogens (tertiary/aromatic N) is 4. The lowest BCUT2D eigenvalue weighted by Crippen LogP contribution is -2.06. The van der Waals surface area contributed by atoms with Crippen LogP contribution in [0.2, 0.25) is 0 Å². The highest BCUT2D eigenvalue weighted by atomic mass is 19.1. The molecule has 0 amide bonds. The molecule has 0 N–H and O–H groups in total. The predicted octanol–water partition coefficient (Wildman–Crippen LogP) is 1.10. The van der Waals surface area contributed by atoms with E-state index < -0.39 is 16.7 Å². The Kier molecular flexibility index (Phi) is 3.19. The number of benzene rings is 1. The van der Waals surface area contributed by atoms with Crippen molar-refractivity contribution in [1.82, 2.24) is 14.8 Å². The van der Waals surface area contributed by atoms with E-state index in [1.165, 1.54) is 0 Å².